The average Bonchev–Trinajstić information content (AvgIpc) is 2.89. The number of rotatable bonds is 3. The molecule has 108 valence electrons. The molecular formula is C16H23N3O. The lowest BCUT2D eigenvalue weighted by molar-refractivity contribution is -0.129. The van der Waals surface area contributed by atoms with Gasteiger partial charge < -0.3 is 5.32 Å². The SMILES string of the molecule is CC(C(=O)NC12CC3CC(CC(C3)C1)C2)n1cccn1. The Morgan fingerprint density at radius 3 is 2.35 bits per heavy atom. The van der Waals surface area contributed by atoms with Crippen LogP contribution in [0.5, 0.6) is 0 Å². The minimum absolute atomic E-state index is 0.104. The van der Waals surface area contributed by atoms with E-state index in [4.69, 9.17) is 0 Å². The molecule has 4 saturated carbocycles. The number of carbonyl (C=O) groups excluding carboxylic acids is 1. The van der Waals surface area contributed by atoms with Crippen molar-refractivity contribution in [2.45, 2.75) is 57.0 Å². The van der Waals surface area contributed by atoms with Gasteiger partial charge in [-0.25, -0.2) is 0 Å². The average molecular weight is 273 g/mol. The maximum atomic E-state index is 12.6. The van der Waals surface area contributed by atoms with Crippen LogP contribution in [0.2, 0.25) is 0 Å². The third-order valence-corrected chi connectivity index (χ3v) is 5.73. The largest absolute Gasteiger partial charge is 0.349 e. The summed E-state index contributed by atoms with van der Waals surface area (Å²) in [5.41, 5.74) is 0.104. The molecule has 4 aliphatic rings. The van der Waals surface area contributed by atoms with Gasteiger partial charge in [-0.05, 0) is 69.3 Å². The molecule has 1 unspecified atom stereocenters. The first-order valence-corrected chi connectivity index (χ1v) is 7.95. The zero-order valence-corrected chi connectivity index (χ0v) is 12.1. The van der Waals surface area contributed by atoms with Crippen LogP contribution in [0, 0.1) is 17.8 Å². The molecule has 0 aliphatic heterocycles. The molecule has 4 heteroatoms. The fourth-order valence-electron chi connectivity index (χ4n) is 5.26. The fraction of sp³-hybridized carbons (Fsp3) is 0.750. The van der Waals surface area contributed by atoms with Crippen LogP contribution in [0.4, 0.5) is 0 Å². The Kier molecular flexibility index (Phi) is 2.69. The van der Waals surface area contributed by atoms with E-state index >= 15 is 0 Å². The Balaban J connectivity index is 1.50. The van der Waals surface area contributed by atoms with Gasteiger partial charge >= 0.3 is 0 Å². The standard InChI is InChI=1S/C16H23N3O/c1-11(19-4-2-3-17-19)15(20)18-16-8-12-5-13(9-16)7-14(6-12)10-16/h2-4,11-14H,5-10H2,1H3,(H,18,20). The molecule has 0 spiro atoms. The van der Waals surface area contributed by atoms with Crippen molar-refractivity contribution in [3.63, 3.8) is 0 Å². The quantitative estimate of drug-likeness (QED) is 0.920. The second-order valence-corrected chi connectivity index (χ2v) is 7.35. The van der Waals surface area contributed by atoms with Crippen molar-refractivity contribution in [2.24, 2.45) is 17.8 Å². The van der Waals surface area contributed by atoms with Gasteiger partial charge in [-0.2, -0.15) is 5.10 Å². The van der Waals surface area contributed by atoms with E-state index in [9.17, 15) is 4.79 Å². The highest BCUT2D eigenvalue weighted by Crippen LogP contribution is 2.55. The number of amides is 1. The van der Waals surface area contributed by atoms with E-state index in [1.807, 2.05) is 19.2 Å². The van der Waals surface area contributed by atoms with E-state index in [0.717, 1.165) is 17.8 Å². The summed E-state index contributed by atoms with van der Waals surface area (Å²) >= 11 is 0. The molecule has 1 aromatic rings. The predicted molar refractivity (Wildman–Crippen MR) is 76.0 cm³/mol. The van der Waals surface area contributed by atoms with Crippen molar-refractivity contribution in [3.05, 3.63) is 18.5 Å². The van der Waals surface area contributed by atoms with Crippen molar-refractivity contribution >= 4 is 5.91 Å². The molecule has 4 fully saturated rings. The number of nitrogens with one attached hydrogen (secondary N) is 1. The number of hydrogen-bond donors (Lipinski definition) is 1. The molecular weight excluding hydrogens is 250 g/mol. The predicted octanol–water partition coefficient (Wildman–Crippen LogP) is 2.53. The van der Waals surface area contributed by atoms with E-state index in [1.165, 1.54) is 38.5 Å². The Bertz CT molecular complexity index is 473. The third-order valence-electron chi connectivity index (χ3n) is 5.73. The van der Waals surface area contributed by atoms with E-state index in [1.54, 1.807) is 10.9 Å². The maximum absolute atomic E-state index is 12.6. The lowest BCUT2D eigenvalue weighted by Gasteiger charge is -2.57. The van der Waals surface area contributed by atoms with E-state index < -0.39 is 0 Å². The summed E-state index contributed by atoms with van der Waals surface area (Å²) in [7, 11) is 0. The Morgan fingerprint density at radius 1 is 1.25 bits per heavy atom. The number of nitrogens with zero attached hydrogens (tertiary/aromatic N) is 2. The second kappa shape index (κ2) is 4.34. The molecule has 1 N–H and O–H groups in total. The van der Waals surface area contributed by atoms with Crippen LogP contribution < -0.4 is 5.32 Å². The lowest BCUT2D eigenvalue weighted by Crippen LogP contribution is -2.60. The van der Waals surface area contributed by atoms with Crippen molar-refractivity contribution < 1.29 is 4.79 Å². The Labute approximate surface area is 119 Å². The first kappa shape index (κ1) is 12.4. The Morgan fingerprint density at radius 2 is 1.85 bits per heavy atom. The monoisotopic (exact) mass is 273 g/mol. The van der Waals surface area contributed by atoms with Gasteiger partial charge in [0.25, 0.3) is 0 Å². The van der Waals surface area contributed by atoms with Crippen molar-refractivity contribution in [1.29, 1.82) is 0 Å². The fourth-order valence-corrected chi connectivity index (χ4v) is 5.26. The molecule has 0 radical (unpaired) electrons. The van der Waals surface area contributed by atoms with Gasteiger partial charge in [0, 0.05) is 17.9 Å². The second-order valence-electron chi connectivity index (χ2n) is 7.35. The number of hydrogen-bond acceptors (Lipinski definition) is 2. The molecule has 4 aliphatic carbocycles. The van der Waals surface area contributed by atoms with Crippen LogP contribution in [0.1, 0.15) is 51.5 Å². The molecule has 1 aromatic heterocycles. The van der Waals surface area contributed by atoms with Crippen molar-refractivity contribution in [1.82, 2.24) is 15.1 Å². The highest BCUT2D eigenvalue weighted by molar-refractivity contribution is 5.80. The first-order chi connectivity index (χ1) is 9.63. The summed E-state index contributed by atoms with van der Waals surface area (Å²) in [4.78, 5) is 12.6. The lowest BCUT2D eigenvalue weighted by atomic mass is 9.53. The maximum Gasteiger partial charge on any atom is 0.245 e. The van der Waals surface area contributed by atoms with E-state index in [-0.39, 0.29) is 17.5 Å². The third kappa shape index (κ3) is 1.97. The van der Waals surface area contributed by atoms with Gasteiger partial charge in [0.05, 0.1) is 0 Å². The highest BCUT2D eigenvalue weighted by atomic mass is 16.2. The van der Waals surface area contributed by atoms with Crippen LogP contribution in [-0.4, -0.2) is 21.2 Å². The van der Waals surface area contributed by atoms with Crippen LogP contribution in [0.3, 0.4) is 0 Å². The number of carbonyl (C=O) groups is 1. The zero-order valence-electron chi connectivity index (χ0n) is 12.1. The smallest absolute Gasteiger partial charge is 0.245 e. The van der Waals surface area contributed by atoms with Crippen LogP contribution >= 0.6 is 0 Å². The summed E-state index contributed by atoms with van der Waals surface area (Å²) in [5.74, 6) is 2.72. The highest BCUT2D eigenvalue weighted by Gasteiger charge is 2.51. The summed E-state index contributed by atoms with van der Waals surface area (Å²) in [6.07, 6.45) is 11.4. The zero-order chi connectivity index (χ0) is 13.7. The van der Waals surface area contributed by atoms with E-state index in [0.29, 0.717) is 0 Å². The summed E-state index contributed by atoms with van der Waals surface area (Å²) < 4.78 is 1.75. The van der Waals surface area contributed by atoms with Gasteiger partial charge in [0.15, 0.2) is 0 Å². The molecule has 1 amide bonds. The molecule has 1 heterocycles. The van der Waals surface area contributed by atoms with Crippen LogP contribution in [0.15, 0.2) is 18.5 Å². The minimum Gasteiger partial charge on any atom is -0.349 e. The van der Waals surface area contributed by atoms with Crippen molar-refractivity contribution in [3.8, 4) is 0 Å². The van der Waals surface area contributed by atoms with Crippen LogP contribution in [0.25, 0.3) is 0 Å². The van der Waals surface area contributed by atoms with E-state index in [2.05, 4.69) is 10.4 Å². The van der Waals surface area contributed by atoms with Crippen LogP contribution in [-0.2, 0) is 4.79 Å². The van der Waals surface area contributed by atoms with Gasteiger partial charge in [-0.3, -0.25) is 9.48 Å². The molecule has 4 nitrogen and oxygen atoms in total. The van der Waals surface area contributed by atoms with Gasteiger partial charge in [-0.1, -0.05) is 0 Å². The molecule has 20 heavy (non-hydrogen) atoms. The van der Waals surface area contributed by atoms with Gasteiger partial charge in [0.1, 0.15) is 6.04 Å². The summed E-state index contributed by atoms with van der Waals surface area (Å²) in [6.45, 7) is 1.93. The summed E-state index contributed by atoms with van der Waals surface area (Å²) in [6, 6.07) is 1.66. The molecule has 0 saturated heterocycles. The molecule has 0 aromatic carbocycles. The molecule has 5 rings (SSSR count). The molecule has 4 bridgehead atoms. The van der Waals surface area contributed by atoms with Gasteiger partial charge in [-0.15, -0.1) is 0 Å². The van der Waals surface area contributed by atoms with Gasteiger partial charge in [0.2, 0.25) is 5.91 Å². The summed E-state index contributed by atoms with van der Waals surface area (Å²) in [5, 5.41) is 7.60. The topological polar surface area (TPSA) is 46.9 Å². The first-order valence-electron chi connectivity index (χ1n) is 7.95. The number of aromatic nitrogens is 2. The van der Waals surface area contributed by atoms with Crippen molar-refractivity contribution in [2.75, 3.05) is 0 Å². The Hall–Kier alpha value is -1.32. The normalized spacial score (nSPS) is 39.8. The minimum atomic E-state index is -0.210. The molecule has 1 atom stereocenters.